The molecular formula is C16H16BrCl2NO. The molecule has 0 heterocycles. The van der Waals surface area contributed by atoms with Crippen molar-refractivity contribution in [3.63, 3.8) is 0 Å². The second kappa shape index (κ2) is 7.50. The highest BCUT2D eigenvalue weighted by molar-refractivity contribution is 9.10. The maximum atomic E-state index is 6.22. The molecule has 0 saturated heterocycles. The van der Waals surface area contributed by atoms with Crippen LogP contribution in [0.15, 0.2) is 46.9 Å². The highest BCUT2D eigenvalue weighted by Gasteiger charge is 2.21. The fraction of sp³-hybridized carbons (Fsp3) is 0.250. The van der Waals surface area contributed by atoms with E-state index >= 15 is 0 Å². The van der Waals surface area contributed by atoms with E-state index in [1.807, 2.05) is 31.2 Å². The van der Waals surface area contributed by atoms with Crippen LogP contribution in [0.1, 0.15) is 25.0 Å². The van der Waals surface area contributed by atoms with Gasteiger partial charge in [0.05, 0.1) is 10.0 Å². The third kappa shape index (κ3) is 4.36. The summed E-state index contributed by atoms with van der Waals surface area (Å²) in [6, 6.07) is 13.0. The van der Waals surface area contributed by atoms with Crippen LogP contribution in [0, 0.1) is 0 Å². The summed E-state index contributed by atoms with van der Waals surface area (Å²) in [5.41, 5.74) is 7.23. The first kappa shape index (κ1) is 16.6. The lowest BCUT2D eigenvalue weighted by molar-refractivity contribution is 0.171. The minimum Gasteiger partial charge on any atom is -0.484 e. The summed E-state index contributed by atoms with van der Waals surface area (Å²) in [4.78, 5) is 0. The zero-order valence-corrected chi connectivity index (χ0v) is 14.6. The SMILES string of the molecule is CCC(N)C(Oc1ccc(Cl)c(Cl)c1)c1cccc(Br)c1. The van der Waals surface area contributed by atoms with E-state index in [1.165, 1.54) is 0 Å². The molecule has 0 amide bonds. The van der Waals surface area contributed by atoms with Crippen molar-refractivity contribution in [3.05, 3.63) is 62.5 Å². The predicted molar refractivity (Wildman–Crippen MR) is 92.2 cm³/mol. The quantitative estimate of drug-likeness (QED) is 0.721. The Morgan fingerprint density at radius 1 is 1.14 bits per heavy atom. The highest BCUT2D eigenvalue weighted by Crippen LogP contribution is 2.31. The van der Waals surface area contributed by atoms with E-state index in [9.17, 15) is 0 Å². The maximum absolute atomic E-state index is 6.22. The van der Waals surface area contributed by atoms with Crippen molar-refractivity contribution in [1.29, 1.82) is 0 Å². The third-order valence-corrected chi connectivity index (χ3v) is 4.42. The third-order valence-electron chi connectivity index (χ3n) is 3.19. The van der Waals surface area contributed by atoms with E-state index in [-0.39, 0.29) is 12.1 Å². The first-order valence-electron chi connectivity index (χ1n) is 6.64. The summed E-state index contributed by atoms with van der Waals surface area (Å²) < 4.78 is 7.05. The van der Waals surface area contributed by atoms with Crippen LogP contribution in [0.3, 0.4) is 0 Å². The van der Waals surface area contributed by atoms with Crippen molar-refractivity contribution in [2.24, 2.45) is 5.73 Å². The van der Waals surface area contributed by atoms with Gasteiger partial charge in [0.25, 0.3) is 0 Å². The molecule has 0 fully saturated rings. The topological polar surface area (TPSA) is 35.2 Å². The van der Waals surface area contributed by atoms with Crippen LogP contribution >= 0.6 is 39.1 Å². The Kier molecular flexibility index (Phi) is 5.94. The smallest absolute Gasteiger partial charge is 0.139 e. The summed E-state index contributed by atoms with van der Waals surface area (Å²) in [7, 11) is 0. The van der Waals surface area contributed by atoms with E-state index < -0.39 is 0 Å². The molecule has 2 N–H and O–H groups in total. The molecule has 0 aliphatic heterocycles. The molecule has 2 nitrogen and oxygen atoms in total. The van der Waals surface area contributed by atoms with Gasteiger partial charge in [0.1, 0.15) is 11.9 Å². The molecule has 112 valence electrons. The number of hydrogen-bond donors (Lipinski definition) is 1. The first-order valence-corrected chi connectivity index (χ1v) is 8.19. The summed E-state index contributed by atoms with van der Waals surface area (Å²) in [5, 5.41) is 0.968. The van der Waals surface area contributed by atoms with Gasteiger partial charge in [-0.25, -0.2) is 0 Å². The van der Waals surface area contributed by atoms with Crippen LogP contribution in [-0.2, 0) is 0 Å². The van der Waals surface area contributed by atoms with Gasteiger partial charge in [0, 0.05) is 16.6 Å². The fourth-order valence-electron chi connectivity index (χ4n) is 2.00. The summed E-state index contributed by atoms with van der Waals surface area (Å²) >= 11 is 15.4. The van der Waals surface area contributed by atoms with Gasteiger partial charge in [-0.2, -0.15) is 0 Å². The summed E-state index contributed by atoms with van der Waals surface area (Å²) in [5.74, 6) is 0.651. The van der Waals surface area contributed by atoms with Crippen molar-refractivity contribution in [1.82, 2.24) is 0 Å². The predicted octanol–water partition coefficient (Wildman–Crippen LogP) is 5.61. The standard InChI is InChI=1S/C16H16BrCl2NO/c1-2-15(20)16(10-4-3-5-11(17)8-10)21-12-6-7-13(18)14(19)9-12/h3-9,15-16H,2,20H2,1H3. The molecule has 2 atom stereocenters. The summed E-state index contributed by atoms with van der Waals surface area (Å²) in [6.07, 6.45) is 0.558. The Balaban J connectivity index is 2.30. The molecule has 2 unspecified atom stereocenters. The lowest BCUT2D eigenvalue weighted by Crippen LogP contribution is -2.31. The van der Waals surface area contributed by atoms with Gasteiger partial charge in [-0.15, -0.1) is 0 Å². The second-order valence-corrected chi connectivity index (χ2v) is 6.47. The zero-order chi connectivity index (χ0) is 15.4. The Morgan fingerprint density at radius 2 is 1.90 bits per heavy atom. The van der Waals surface area contributed by atoms with Crippen LogP contribution < -0.4 is 10.5 Å². The minimum absolute atomic E-state index is 0.117. The Hall–Kier alpha value is -0.740. The summed E-state index contributed by atoms with van der Waals surface area (Å²) in [6.45, 7) is 2.04. The van der Waals surface area contributed by atoms with E-state index in [0.717, 1.165) is 16.5 Å². The average Bonchev–Trinajstić information content (AvgIpc) is 2.47. The Morgan fingerprint density at radius 3 is 2.52 bits per heavy atom. The van der Waals surface area contributed by atoms with E-state index in [4.69, 9.17) is 33.7 Å². The average molecular weight is 389 g/mol. The van der Waals surface area contributed by atoms with Crippen molar-refractivity contribution in [3.8, 4) is 5.75 Å². The molecule has 2 aromatic rings. The van der Waals surface area contributed by atoms with Crippen molar-refractivity contribution in [2.75, 3.05) is 0 Å². The number of ether oxygens (including phenoxy) is 1. The molecule has 0 aromatic heterocycles. The second-order valence-electron chi connectivity index (χ2n) is 4.74. The lowest BCUT2D eigenvalue weighted by Gasteiger charge is -2.25. The Bertz CT molecular complexity index is 621. The molecule has 0 radical (unpaired) electrons. The molecule has 0 bridgehead atoms. The molecule has 0 aliphatic rings. The Labute approximate surface area is 143 Å². The van der Waals surface area contributed by atoms with Gasteiger partial charge in [0.2, 0.25) is 0 Å². The van der Waals surface area contributed by atoms with Crippen LogP contribution in [0.4, 0.5) is 0 Å². The number of halogens is 3. The molecule has 2 rings (SSSR count). The largest absolute Gasteiger partial charge is 0.484 e. The highest BCUT2D eigenvalue weighted by atomic mass is 79.9. The van der Waals surface area contributed by atoms with E-state index in [1.54, 1.807) is 18.2 Å². The van der Waals surface area contributed by atoms with Crippen molar-refractivity contribution >= 4 is 39.1 Å². The molecule has 2 aromatic carbocycles. The first-order chi connectivity index (χ1) is 10.0. The van der Waals surface area contributed by atoms with Gasteiger partial charge < -0.3 is 10.5 Å². The van der Waals surface area contributed by atoms with Gasteiger partial charge in [-0.05, 0) is 36.2 Å². The molecule has 0 aliphatic carbocycles. The van der Waals surface area contributed by atoms with Crippen LogP contribution in [-0.4, -0.2) is 6.04 Å². The van der Waals surface area contributed by atoms with Gasteiger partial charge in [-0.3, -0.25) is 0 Å². The number of benzene rings is 2. The molecule has 5 heteroatoms. The minimum atomic E-state index is -0.246. The van der Waals surface area contributed by atoms with Gasteiger partial charge >= 0.3 is 0 Å². The molecule has 0 spiro atoms. The van der Waals surface area contributed by atoms with Crippen molar-refractivity contribution < 1.29 is 4.74 Å². The number of rotatable bonds is 5. The normalized spacial score (nSPS) is 13.8. The van der Waals surface area contributed by atoms with Gasteiger partial charge in [-0.1, -0.05) is 58.2 Å². The lowest BCUT2D eigenvalue weighted by atomic mass is 10.0. The molecule has 0 saturated carbocycles. The van der Waals surface area contributed by atoms with Crippen LogP contribution in [0.2, 0.25) is 10.0 Å². The fourth-order valence-corrected chi connectivity index (χ4v) is 2.70. The molecular weight excluding hydrogens is 373 g/mol. The number of nitrogens with two attached hydrogens (primary N) is 1. The number of hydrogen-bond acceptors (Lipinski definition) is 2. The maximum Gasteiger partial charge on any atom is 0.139 e. The van der Waals surface area contributed by atoms with Crippen LogP contribution in [0.25, 0.3) is 0 Å². The van der Waals surface area contributed by atoms with Crippen LogP contribution in [0.5, 0.6) is 5.75 Å². The van der Waals surface area contributed by atoms with Crippen molar-refractivity contribution in [2.45, 2.75) is 25.5 Å². The monoisotopic (exact) mass is 387 g/mol. The van der Waals surface area contributed by atoms with E-state index in [0.29, 0.717) is 15.8 Å². The van der Waals surface area contributed by atoms with Gasteiger partial charge in [0.15, 0.2) is 0 Å². The molecule has 21 heavy (non-hydrogen) atoms. The van der Waals surface area contributed by atoms with E-state index in [2.05, 4.69) is 15.9 Å². The zero-order valence-electron chi connectivity index (χ0n) is 11.5.